The molecular weight excluding hydrogens is 453 g/mol. The van der Waals surface area contributed by atoms with E-state index >= 15 is 0 Å². The Bertz CT molecular complexity index is 1330. The standard InChI is InChI=1S/C26H18F5NO2/c27-19-20(28)22(30)25(23(31)21(19)29)32-24-15-8-2-4-11-18(15)34-26-14(7-5-9-16(24)26)12-13-6-1-3-10-17(13)33-26/h1-4,6,8,10-12,16,24,32H,5,7,9H2/t16-,24+,26-/m0/s1. The average Bonchev–Trinajstić information content (AvgIpc) is 2.86. The molecule has 3 aliphatic rings. The number of fused-ring (bicyclic) bond motifs is 2. The molecule has 1 fully saturated rings. The molecule has 6 rings (SSSR count). The van der Waals surface area contributed by atoms with E-state index in [0.29, 0.717) is 29.9 Å². The van der Waals surface area contributed by atoms with Gasteiger partial charge in [0.1, 0.15) is 17.2 Å². The van der Waals surface area contributed by atoms with Gasteiger partial charge in [-0.2, -0.15) is 0 Å². The average molecular weight is 471 g/mol. The molecule has 0 amide bonds. The van der Waals surface area contributed by atoms with E-state index in [1.807, 2.05) is 24.3 Å². The fourth-order valence-electron chi connectivity index (χ4n) is 5.30. The van der Waals surface area contributed by atoms with Gasteiger partial charge in [-0.05, 0) is 37.5 Å². The topological polar surface area (TPSA) is 30.5 Å². The number of hydrogen-bond acceptors (Lipinski definition) is 3. The molecule has 0 unspecified atom stereocenters. The van der Waals surface area contributed by atoms with E-state index in [9.17, 15) is 22.0 Å². The van der Waals surface area contributed by atoms with E-state index in [-0.39, 0.29) is 0 Å². The number of rotatable bonds is 2. The number of anilines is 1. The quantitative estimate of drug-likeness (QED) is 0.251. The van der Waals surface area contributed by atoms with Gasteiger partial charge in [-0.15, -0.1) is 0 Å². The van der Waals surface area contributed by atoms with Crippen molar-refractivity contribution in [2.45, 2.75) is 31.1 Å². The monoisotopic (exact) mass is 471 g/mol. The Morgan fingerprint density at radius 2 is 1.38 bits per heavy atom. The minimum absolute atomic E-state index is 0.410. The lowest BCUT2D eigenvalue weighted by atomic mass is 9.70. The number of hydrogen-bond donors (Lipinski definition) is 1. The highest BCUT2D eigenvalue weighted by Gasteiger charge is 2.57. The summed E-state index contributed by atoms with van der Waals surface area (Å²) in [6.45, 7) is 0. The predicted octanol–water partition coefficient (Wildman–Crippen LogP) is 6.90. The molecule has 0 aromatic heterocycles. The van der Waals surface area contributed by atoms with Crippen LogP contribution in [-0.2, 0) is 0 Å². The molecule has 0 bridgehead atoms. The highest BCUT2D eigenvalue weighted by atomic mass is 19.2. The Morgan fingerprint density at radius 3 is 2.15 bits per heavy atom. The van der Waals surface area contributed by atoms with Crippen LogP contribution in [0.15, 0.2) is 54.1 Å². The SMILES string of the molecule is Fc1c(F)c(F)c(N[C@@H]2c3ccccc3O[C@@]34Oc5ccccc5C=C3CCC[C@@H]24)c(F)c1F. The predicted molar refractivity (Wildman–Crippen MR) is 115 cm³/mol. The Labute approximate surface area is 191 Å². The molecule has 34 heavy (non-hydrogen) atoms. The molecule has 2 aliphatic heterocycles. The van der Waals surface area contributed by atoms with Crippen LogP contribution in [0.25, 0.3) is 6.08 Å². The molecule has 8 heteroatoms. The molecule has 3 nitrogen and oxygen atoms in total. The summed E-state index contributed by atoms with van der Waals surface area (Å²) in [7, 11) is 0. The number of benzene rings is 3. The lowest BCUT2D eigenvalue weighted by molar-refractivity contribution is -0.155. The fraction of sp³-hybridized carbons (Fsp3) is 0.231. The first-order chi connectivity index (χ1) is 16.4. The number of ether oxygens (including phenoxy) is 2. The second-order valence-corrected chi connectivity index (χ2v) is 8.68. The van der Waals surface area contributed by atoms with Crippen LogP contribution < -0.4 is 14.8 Å². The van der Waals surface area contributed by atoms with Crippen LogP contribution in [0.2, 0.25) is 0 Å². The van der Waals surface area contributed by atoms with Crippen molar-refractivity contribution in [3.05, 3.63) is 94.3 Å². The second kappa shape index (κ2) is 7.48. The van der Waals surface area contributed by atoms with Gasteiger partial charge in [0, 0.05) is 16.7 Å². The summed E-state index contributed by atoms with van der Waals surface area (Å²) in [5, 5.41) is 2.65. The van der Waals surface area contributed by atoms with Crippen molar-refractivity contribution in [3.63, 3.8) is 0 Å². The lowest BCUT2D eigenvalue weighted by Crippen LogP contribution is -2.58. The Morgan fingerprint density at radius 1 is 0.765 bits per heavy atom. The van der Waals surface area contributed by atoms with Crippen LogP contribution in [0.5, 0.6) is 11.5 Å². The smallest absolute Gasteiger partial charge is 0.279 e. The highest BCUT2D eigenvalue weighted by molar-refractivity contribution is 5.66. The first kappa shape index (κ1) is 21.0. The largest absolute Gasteiger partial charge is 0.448 e. The zero-order valence-electron chi connectivity index (χ0n) is 17.7. The molecule has 1 aliphatic carbocycles. The van der Waals surface area contributed by atoms with E-state index in [1.54, 1.807) is 30.3 Å². The van der Waals surface area contributed by atoms with Gasteiger partial charge in [0.25, 0.3) is 5.79 Å². The van der Waals surface area contributed by atoms with Crippen molar-refractivity contribution in [2.24, 2.45) is 5.92 Å². The fourth-order valence-corrected chi connectivity index (χ4v) is 5.30. The zero-order valence-corrected chi connectivity index (χ0v) is 17.7. The Hall–Kier alpha value is -3.55. The summed E-state index contributed by atoms with van der Waals surface area (Å²) >= 11 is 0. The molecule has 2 heterocycles. The van der Waals surface area contributed by atoms with E-state index in [2.05, 4.69) is 5.32 Å². The third kappa shape index (κ3) is 2.87. The van der Waals surface area contributed by atoms with Crippen molar-refractivity contribution in [1.82, 2.24) is 0 Å². The van der Waals surface area contributed by atoms with E-state index in [4.69, 9.17) is 9.47 Å². The minimum atomic E-state index is -2.19. The van der Waals surface area contributed by atoms with E-state index in [1.165, 1.54) is 0 Å². The maximum atomic E-state index is 14.6. The van der Waals surface area contributed by atoms with Crippen LogP contribution in [-0.4, -0.2) is 5.79 Å². The molecule has 1 N–H and O–H groups in total. The van der Waals surface area contributed by atoms with Gasteiger partial charge in [0.05, 0.1) is 12.0 Å². The first-order valence-corrected chi connectivity index (χ1v) is 11.0. The molecule has 0 saturated heterocycles. The minimum Gasteiger partial charge on any atom is -0.448 e. The molecular formula is C26H18F5NO2. The van der Waals surface area contributed by atoms with Gasteiger partial charge in [-0.25, -0.2) is 22.0 Å². The second-order valence-electron chi connectivity index (χ2n) is 8.68. The van der Waals surface area contributed by atoms with Crippen LogP contribution >= 0.6 is 0 Å². The number of nitrogens with one attached hydrogen (secondary N) is 1. The summed E-state index contributed by atoms with van der Waals surface area (Å²) in [5.41, 5.74) is 1.23. The molecule has 3 aromatic carbocycles. The third-order valence-corrected chi connectivity index (χ3v) is 6.83. The van der Waals surface area contributed by atoms with Gasteiger partial charge in [0.15, 0.2) is 23.3 Å². The van der Waals surface area contributed by atoms with Crippen molar-refractivity contribution in [2.75, 3.05) is 5.32 Å². The van der Waals surface area contributed by atoms with E-state index in [0.717, 1.165) is 17.6 Å². The third-order valence-electron chi connectivity index (χ3n) is 6.83. The van der Waals surface area contributed by atoms with Crippen LogP contribution in [0.4, 0.5) is 27.6 Å². The van der Waals surface area contributed by atoms with Crippen LogP contribution in [0.1, 0.15) is 36.4 Å². The van der Waals surface area contributed by atoms with Gasteiger partial charge in [-0.3, -0.25) is 0 Å². The van der Waals surface area contributed by atoms with Crippen LogP contribution in [0.3, 0.4) is 0 Å². The van der Waals surface area contributed by atoms with Crippen molar-refractivity contribution >= 4 is 11.8 Å². The molecule has 1 spiro atoms. The molecule has 3 atom stereocenters. The highest BCUT2D eigenvalue weighted by Crippen LogP contribution is 2.56. The lowest BCUT2D eigenvalue weighted by Gasteiger charge is -2.52. The Kier molecular flexibility index (Phi) is 4.62. The van der Waals surface area contributed by atoms with Crippen molar-refractivity contribution in [1.29, 1.82) is 0 Å². The maximum Gasteiger partial charge on any atom is 0.279 e. The molecule has 174 valence electrons. The molecule has 1 saturated carbocycles. The summed E-state index contributed by atoms with van der Waals surface area (Å²) in [6.07, 6.45) is 3.96. The normalized spacial score (nSPS) is 24.4. The zero-order chi connectivity index (χ0) is 23.6. The van der Waals surface area contributed by atoms with E-state index < -0.39 is 52.5 Å². The van der Waals surface area contributed by atoms with Gasteiger partial charge < -0.3 is 14.8 Å². The van der Waals surface area contributed by atoms with Gasteiger partial charge in [-0.1, -0.05) is 36.4 Å². The van der Waals surface area contributed by atoms with Gasteiger partial charge in [0.2, 0.25) is 5.82 Å². The van der Waals surface area contributed by atoms with Crippen LogP contribution in [0, 0.1) is 35.0 Å². The van der Waals surface area contributed by atoms with Crippen molar-refractivity contribution < 1.29 is 31.4 Å². The summed E-state index contributed by atoms with van der Waals surface area (Å²) in [6, 6.07) is 13.5. The summed E-state index contributed by atoms with van der Waals surface area (Å²) < 4.78 is 83.7. The maximum absolute atomic E-state index is 14.6. The number of halogens is 5. The van der Waals surface area contributed by atoms with Gasteiger partial charge >= 0.3 is 0 Å². The Balaban J connectivity index is 1.52. The molecule has 3 aromatic rings. The van der Waals surface area contributed by atoms with Crippen molar-refractivity contribution in [3.8, 4) is 11.5 Å². The molecule has 0 radical (unpaired) electrons. The first-order valence-electron chi connectivity index (χ1n) is 11.0. The summed E-state index contributed by atoms with van der Waals surface area (Å²) in [4.78, 5) is 0. The summed E-state index contributed by atoms with van der Waals surface area (Å²) in [5.74, 6) is -10.8. The number of para-hydroxylation sites is 2.